The minimum absolute atomic E-state index is 0.434. The minimum atomic E-state index is 0.434. The Hall–Kier alpha value is -0.910. The van der Waals surface area contributed by atoms with Gasteiger partial charge in [-0.3, -0.25) is 4.90 Å². The highest BCUT2D eigenvalue weighted by atomic mass is 32.2. The second-order valence-electron chi connectivity index (χ2n) is 5.92. The lowest BCUT2D eigenvalue weighted by Crippen LogP contribution is -2.58. The van der Waals surface area contributed by atoms with Crippen LogP contribution < -0.4 is 9.47 Å². The Balaban J connectivity index is 1.59. The first-order valence-corrected chi connectivity index (χ1v) is 8.26. The lowest BCUT2D eigenvalue weighted by molar-refractivity contribution is 0.0630. The zero-order chi connectivity index (χ0) is 14.9. The molecule has 2 heterocycles. The van der Waals surface area contributed by atoms with Crippen molar-refractivity contribution in [1.29, 1.82) is 0 Å². The van der Waals surface area contributed by atoms with Crippen LogP contribution in [0, 0.1) is 0 Å². The van der Waals surface area contributed by atoms with E-state index in [0.29, 0.717) is 10.9 Å². The molecule has 1 spiro atoms. The van der Waals surface area contributed by atoms with Crippen molar-refractivity contribution in [2.75, 3.05) is 40.2 Å². The highest BCUT2D eigenvalue weighted by Gasteiger charge is 2.48. The summed E-state index contributed by atoms with van der Waals surface area (Å²) < 4.78 is 16.6. The molecule has 0 N–H and O–H groups in total. The van der Waals surface area contributed by atoms with Crippen LogP contribution in [0.5, 0.6) is 11.5 Å². The highest BCUT2D eigenvalue weighted by Crippen LogP contribution is 2.46. The lowest BCUT2D eigenvalue weighted by Gasteiger charge is -2.47. The smallest absolute Gasteiger partial charge is 0.122 e. The summed E-state index contributed by atoms with van der Waals surface area (Å²) in [4.78, 5) is 2.49. The van der Waals surface area contributed by atoms with Crippen LogP contribution in [0.1, 0.15) is 12.0 Å². The van der Waals surface area contributed by atoms with E-state index in [9.17, 15) is 0 Å². The molecule has 2 fully saturated rings. The molecule has 2 aliphatic heterocycles. The number of likely N-dealkylation sites (tertiary alicyclic amines) is 1. The van der Waals surface area contributed by atoms with Gasteiger partial charge < -0.3 is 14.2 Å². The van der Waals surface area contributed by atoms with Gasteiger partial charge in [0.25, 0.3) is 0 Å². The molecule has 116 valence electrons. The maximum absolute atomic E-state index is 5.48. The molecule has 4 nitrogen and oxygen atoms in total. The lowest BCUT2D eigenvalue weighted by atomic mass is 9.92. The fourth-order valence-corrected chi connectivity index (χ4v) is 4.92. The predicted octanol–water partition coefficient (Wildman–Crippen LogP) is 2.41. The summed E-state index contributed by atoms with van der Waals surface area (Å²) in [5, 5.41) is 0. The van der Waals surface area contributed by atoms with E-state index < -0.39 is 0 Å². The second kappa shape index (κ2) is 6.07. The zero-order valence-electron chi connectivity index (χ0n) is 12.9. The average molecular weight is 309 g/mol. The molecule has 3 rings (SSSR count). The molecule has 1 atom stereocenters. The summed E-state index contributed by atoms with van der Waals surface area (Å²) in [6, 6.07) is 6.09. The van der Waals surface area contributed by atoms with Crippen molar-refractivity contribution in [2.24, 2.45) is 0 Å². The van der Waals surface area contributed by atoms with Crippen LogP contribution in [0.2, 0.25) is 0 Å². The zero-order valence-corrected chi connectivity index (χ0v) is 13.7. The SMILES string of the molecule is COc1cc(CN2CC3(CC(OC)CS3)C2)cc(OC)c1. The fraction of sp³-hybridized carbons (Fsp3) is 0.625. The third-order valence-electron chi connectivity index (χ3n) is 4.35. The molecule has 2 saturated heterocycles. The van der Waals surface area contributed by atoms with Gasteiger partial charge in [0.2, 0.25) is 0 Å². The van der Waals surface area contributed by atoms with E-state index in [1.165, 1.54) is 12.0 Å². The van der Waals surface area contributed by atoms with Gasteiger partial charge in [-0.2, -0.15) is 0 Å². The van der Waals surface area contributed by atoms with Crippen LogP contribution >= 0.6 is 11.8 Å². The number of benzene rings is 1. The van der Waals surface area contributed by atoms with E-state index in [0.717, 1.165) is 36.9 Å². The second-order valence-corrected chi connectivity index (χ2v) is 7.41. The first-order valence-electron chi connectivity index (χ1n) is 7.27. The number of methoxy groups -OCH3 is 3. The van der Waals surface area contributed by atoms with Crippen molar-refractivity contribution in [3.8, 4) is 11.5 Å². The van der Waals surface area contributed by atoms with Crippen LogP contribution in [0.25, 0.3) is 0 Å². The molecule has 1 aromatic rings. The molecule has 2 aliphatic rings. The molecule has 0 aromatic heterocycles. The van der Waals surface area contributed by atoms with Crippen molar-refractivity contribution in [3.63, 3.8) is 0 Å². The molecular weight excluding hydrogens is 286 g/mol. The number of hydrogen-bond donors (Lipinski definition) is 0. The number of ether oxygens (including phenoxy) is 3. The van der Waals surface area contributed by atoms with Crippen molar-refractivity contribution >= 4 is 11.8 Å². The van der Waals surface area contributed by atoms with Gasteiger partial charge in [-0.1, -0.05) is 0 Å². The maximum Gasteiger partial charge on any atom is 0.122 e. The summed E-state index contributed by atoms with van der Waals surface area (Å²) in [5.74, 6) is 2.85. The van der Waals surface area contributed by atoms with Gasteiger partial charge in [-0.15, -0.1) is 11.8 Å². The molecule has 0 radical (unpaired) electrons. The minimum Gasteiger partial charge on any atom is -0.497 e. The molecule has 0 aliphatic carbocycles. The quantitative estimate of drug-likeness (QED) is 0.834. The standard InChI is InChI=1S/C16H23NO3S/c1-18-13-4-12(5-14(6-13)19-2)8-17-10-16(11-17)7-15(20-3)9-21-16/h4-6,15H,7-11H2,1-3H3. The van der Waals surface area contributed by atoms with Crippen LogP contribution in [0.3, 0.4) is 0 Å². The van der Waals surface area contributed by atoms with Crippen molar-refractivity contribution < 1.29 is 14.2 Å². The molecule has 1 aromatic carbocycles. The molecule has 0 saturated carbocycles. The van der Waals surface area contributed by atoms with Gasteiger partial charge in [-0.25, -0.2) is 0 Å². The monoisotopic (exact) mass is 309 g/mol. The van der Waals surface area contributed by atoms with E-state index in [2.05, 4.69) is 28.8 Å². The number of thioether (sulfide) groups is 1. The Labute approximate surface area is 130 Å². The first-order chi connectivity index (χ1) is 10.2. The molecular formula is C16H23NO3S. The van der Waals surface area contributed by atoms with E-state index in [4.69, 9.17) is 14.2 Å². The Morgan fingerprint density at radius 2 is 1.81 bits per heavy atom. The summed E-state index contributed by atoms with van der Waals surface area (Å²) in [7, 11) is 5.21. The highest BCUT2D eigenvalue weighted by molar-refractivity contribution is 8.01. The van der Waals surface area contributed by atoms with Crippen LogP contribution in [0.4, 0.5) is 0 Å². The number of nitrogens with zero attached hydrogens (tertiary/aromatic N) is 1. The van der Waals surface area contributed by atoms with E-state index in [1.54, 1.807) is 14.2 Å². The summed E-state index contributed by atoms with van der Waals surface area (Å²) >= 11 is 2.08. The summed E-state index contributed by atoms with van der Waals surface area (Å²) in [6.45, 7) is 3.25. The van der Waals surface area contributed by atoms with Gasteiger partial charge in [0, 0.05) is 43.3 Å². The maximum atomic E-state index is 5.48. The molecule has 5 heteroatoms. The van der Waals surface area contributed by atoms with Gasteiger partial charge in [0.1, 0.15) is 11.5 Å². The summed E-state index contributed by atoms with van der Waals surface area (Å²) in [6.07, 6.45) is 1.63. The Kier molecular flexibility index (Phi) is 4.33. The van der Waals surface area contributed by atoms with E-state index in [-0.39, 0.29) is 0 Å². The largest absolute Gasteiger partial charge is 0.497 e. The number of rotatable bonds is 5. The third-order valence-corrected chi connectivity index (χ3v) is 5.93. The molecule has 1 unspecified atom stereocenters. The van der Waals surface area contributed by atoms with Crippen LogP contribution in [-0.2, 0) is 11.3 Å². The number of hydrogen-bond acceptors (Lipinski definition) is 5. The van der Waals surface area contributed by atoms with Crippen molar-refractivity contribution in [2.45, 2.75) is 23.8 Å². The Morgan fingerprint density at radius 3 is 2.33 bits per heavy atom. The normalized spacial score (nSPS) is 24.0. The van der Waals surface area contributed by atoms with E-state index in [1.807, 2.05) is 13.2 Å². The van der Waals surface area contributed by atoms with Crippen LogP contribution in [0.15, 0.2) is 18.2 Å². The Morgan fingerprint density at radius 1 is 1.14 bits per heavy atom. The van der Waals surface area contributed by atoms with Gasteiger partial charge in [-0.05, 0) is 24.1 Å². The van der Waals surface area contributed by atoms with Gasteiger partial charge >= 0.3 is 0 Å². The van der Waals surface area contributed by atoms with Crippen molar-refractivity contribution in [3.05, 3.63) is 23.8 Å². The summed E-state index contributed by atoms with van der Waals surface area (Å²) in [5.41, 5.74) is 1.24. The van der Waals surface area contributed by atoms with Crippen LogP contribution in [-0.4, -0.2) is 55.9 Å². The molecule has 0 amide bonds. The average Bonchev–Trinajstić information content (AvgIpc) is 2.91. The predicted molar refractivity (Wildman–Crippen MR) is 85.4 cm³/mol. The topological polar surface area (TPSA) is 30.9 Å². The van der Waals surface area contributed by atoms with Gasteiger partial charge in [0.05, 0.1) is 20.3 Å². The first kappa shape index (κ1) is 15.0. The Bertz CT molecular complexity index is 480. The van der Waals surface area contributed by atoms with Gasteiger partial charge in [0.15, 0.2) is 0 Å². The third kappa shape index (κ3) is 3.15. The van der Waals surface area contributed by atoms with E-state index >= 15 is 0 Å². The van der Waals surface area contributed by atoms with Crippen molar-refractivity contribution in [1.82, 2.24) is 4.90 Å². The molecule has 0 bridgehead atoms. The fourth-order valence-electron chi connectivity index (χ4n) is 3.27. The molecule has 21 heavy (non-hydrogen) atoms.